The third-order valence-corrected chi connectivity index (χ3v) is 2.86. The summed E-state index contributed by atoms with van der Waals surface area (Å²) in [5.74, 6) is 0.932. The van der Waals surface area contributed by atoms with Gasteiger partial charge >= 0.3 is 5.97 Å². The smallest absolute Gasteiger partial charge is 0.331 e. The van der Waals surface area contributed by atoms with E-state index in [4.69, 9.17) is 13.9 Å². The molecule has 0 saturated heterocycles. The number of furan rings is 1. The SMILES string of the molecule is COc1ccc(NC(=O)COC(=O)C=Cc2ccc(C)o2)cc1. The average molecular weight is 315 g/mol. The predicted octanol–water partition coefficient (Wildman–Crippen LogP) is 2.79. The lowest BCUT2D eigenvalue weighted by Gasteiger charge is -2.06. The molecule has 2 aromatic rings. The van der Waals surface area contributed by atoms with Crippen LogP contribution in [-0.2, 0) is 14.3 Å². The molecule has 0 atom stereocenters. The first-order valence-corrected chi connectivity index (χ1v) is 6.92. The molecule has 0 unspecified atom stereocenters. The molecule has 6 heteroatoms. The molecular weight excluding hydrogens is 298 g/mol. The molecule has 0 aliphatic carbocycles. The van der Waals surface area contributed by atoms with Crippen LogP contribution in [0.15, 0.2) is 46.9 Å². The second-order valence-electron chi connectivity index (χ2n) is 4.67. The largest absolute Gasteiger partial charge is 0.497 e. The lowest BCUT2D eigenvalue weighted by molar-refractivity contribution is -0.142. The Balaban J connectivity index is 1.76. The molecule has 0 aliphatic rings. The summed E-state index contributed by atoms with van der Waals surface area (Å²) < 4.78 is 15.1. The molecule has 1 aromatic carbocycles. The fraction of sp³-hybridized carbons (Fsp3) is 0.176. The highest BCUT2D eigenvalue weighted by atomic mass is 16.5. The summed E-state index contributed by atoms with van der Waals surface area (Å²) in [6.07, 6.45) is 2.69. The van der Waals surface area contributed by atoms with Gasteiger partial charge in [0.25, 0.3) is 5.91 Å². The second-order valence-corrected chi connectivity index (χ2v) is 4.67. The van der Waals surface area contributed by atoms with E-state index in [1.54, 1.807) is 50.4 Å². The highest BCUT2D eigenvalue weighted by Gasteiger charge is 2.06. The van der Waals surface area contributed by atoms with Crippen LogP contribution in [0.5, 0.6) is 5.75 Å². The third-order valence-electron chi connectivity index (χ3n) is 2.86. The van der Waals surface area contributed by atoms with Crippen LogP contribution in [0.4, 0.5) is 5.69 Å². The van der Waals surface area contributed by atoms with Crippen molar-refractivity contribution in [3.8, 4) is 5.75 Å². The molecule has 1 heterocycles. The number of esters is 1. The zero-order chi connectivity index (χ0) is 16.7. The van der Waals surface area contributed by atoms with Crippen LogP contribution in [-0.4, -0.2) is 25.6 Å². The van der Waals surface area contributed by atoms with E-state index in [2.05, 4.69) is 5.32 Å². The highest BCUT2D eigenvalue weighted by Crippen LogP contribution is 2.14. The number of hydrogen-bond acceptors (Lipinski definition) is 5. The van der Waals surface area contributed by atoms with E-state index in [-0.39, 0.29) is 6.61 Å². The number of benzene rings is 1. The first-order chi connectivity index (χ1) is 11.1. The molecule has 23 heavy (non-hydrogen) atoms. The van der Waals surface area contributed by atoms with Crippen molar-refractivity contribution < 1.29 is 23.5 Å². The van der Waals surface area contributed by atoms with Gasteiger partial charge in [0.1, 0.15) is 17.3 Å². The molecule has 0 bridgehead atoms. The monoisotopic (exact) mass is 315 g/mol. The second kappa shape index (κ2) is 7.84. The Kier molecular flexibility index (Phi) is 5.57. The molecule has 6 nitrogen and oxygen atoms in total. The number of ether oxygens (including phenoxy) is 2. The van der Waals surface area contributed by atoms with Gasteiger partial charge < -0.3 is 19.2 Å². The summed E-state index contributed by atoms with van der Waals surface area (Å²) in [4.78, 5) is 23.2. The van der Waals surface area contributed by atoms with Crippen LogP contribution in [0.25, 0.3) is 6.08 Å². The Labute approximate surface area is 133 Å². The predicted molar refractivity (Wildman–Crippen MR) is 85.1 cm³/mol. The summed E-state index contributed by atoms with van der Waals surface area (Å²) in [5.41, 5.74) is 0.591. The molecule has 0 aliphatic heterocycles. The van der Waals surface area contributed by atoms with Crippen molar-refractivity contribution in [1.29, 1.82) is 0 Å². The molecule has 1 aromatic heterocycles. The van der Waals surface area contributed by atoms with Crippen LogP contribution in [0.1, 0.15) is 11.5 Å². The number of nitrogens with one attached hydrogen (secondary N) is 1. The van der Waals surface area contributed by atoms with Crippen molar-refractivity contribution in [1.82, 2.24) is 0 Å². The molecule has 0 radical (unpaired) electrons. The Morgan fingerprint density at radius 2 is 1.91 bits per heavy atom. The van der Waals surface area contributed by atoms with Gasteiger partial charge in [0.05, 0.1) is 7.11 Å². The third kappa shape index (κ3) is 5.35. The van der Waals surface area contributed by atoms with Gasteiger partial charge in [-0.15, -0.1) is 0 Å². The molecular formula is C17H17NO5. The first kappa shape index (κ1) is 16.4. The van der Waals surface area contributed by atoms with Crippen LogP contribution in [0.3, 0.4) is 0 Å². The number of hydrogen-bond donors (Lipinski definition) is 1. The minimum absolute atomic E-state index is 0.369. The topological polar surface area (TPSA) is 77.8 Å². The maximum atomic E-state index is 11.7. The summed E-state index contributed by atoms with van der Waals surface area (Å²) in [6.45, 7) is 1.44. The minimum atomic E-state index is -0.621. The molecule has 2 rings (SSSR count). The van der Waals surface area contributed by atoms with Crippen LogP contribution < -0.4 is 10.1 Å². The highest BCUT2D eigenvalue weighted by molar-refractivity contribution is 5.94. The van der Waals surface area contributed by atoms with Crippen molar-refractivity contribution in [3.05, 3.63) is 54.0 Å². The first-order valence-electron chi connectivity index (χ1n) is 6.92. The number of methoxy groups -OCH3 is 1. The maximum absolute atomic E-state index is 11.7. The van der Waals surface area contributed by atoms with E-state index in [0.29, 0.717) is 17.2 Å². The standard InChI is InChI=1S/C17H17NO5/c1-12-3-6-15(23-12)9-10-17(20)22-11-16(19)18-13-4-7-14(21-2)8-5-13/h3-10H,11H2,1-2H3,(H,18,19). The number of anilines is 1. The van der Waals surface area contributed by atoms with Gasteiger partial charge in [0, 0.05) is 11.8 Å². The van der Waals surface area contributed by atoms with Gasteiger partial charge in [-0.3, -0.25) is 4.79 Å². The Morgan fingerprint density at radius 1 is 1.17 bits per heavy atom. The molecule has 0 fully saturated rings. The number of carbonyl (C=O) groups excluding carboxylic acids is 2. The molecule has 120 valence electrons. The summed E-state index contributed by atoms with van der Waals surface area (Å²) in [7, 11) is 1.56. The number of aryl methyl sites for hydroxylation is 1. The molecule has 1 N–H and O–H groups in total. The van der Waals surface area contributed by atoms with Gasteiger partial charge in [-0.05, 0) is 49.4 Å². The van der Waals surface area contributed by atoms with E-state index >= 15 is 0 Å². The Morgan fingerprint density at radius 3 is 2.52 bits per heavy atom. The van der Waals surface area contributed by atoms with E-state index in [1.807, 2.05) is 0 Å². The van der Waals surface area contributed by atoms with Crippen LogP contribution >= 0.6 is 0 Å². The maximum Gasteiger partial charge on any atom is 0.331 e. The normalized spacial score (nSPS) is 10.5. The van der Waals surface area contributed by atoms with Gasteiger partial charge in [-0.25, -0.2) is 4.79 Å². The average Bonchev–Trinajstić information content (AvgIpc) is 2.97. The number of amides is 1. The van der Waals surface area contributed by atoms with Gasteiger partial charge in [0.15, 0.2) is 6.61 Å². The van der Waals surface area contributed by atoms with Gasteiger partial charge in [-0.2, -0.15) is 0 Å². The van der Waals surface area contributed by atoms with E-state index < -0.39 is 11.9 Å². The van der Waals surface area contributed by atoms with E-state index in [9.17, 15) is 9.59 Å². The summed E-state index contributed by atoms with van der Waals surface area (Å²) in [5, 5.41) is 2.61. The van der Waals surface area contributed by atoms with Crippen molar-refractivity contribution in [2.45, 2.75) is 6.92 Å². The van der Waals surface area contributed by atoms with Gasteiger partial charge in [-0.1, -0.05) is 0 Å². The zero-order valence-electron chi connectivity index (χ0n) is 12.9. The molecule has 0 spiro atoms. The van der Waals surface area contributed by atoms with Gasteiger partial charge in [0.2, 0.25) is 0 Å². The minimum Gasteiger partial charge on any atom is -0.497 e. The van der Waals surface area contributed by atoms with Crippen LogP contribution in [0, 0.1) is 6.92 Å². The molecule has 1 amide bonds. The van der Waals surface area contributed by atoms with E-state index in [0.717, 1.165) is 5.76 Å². The summed E-state index contributed by atoms with van der Waals surface area (Å²) in [6, 6.07) is 10.3. The van der Waals surface area contributed by atoms with E-state index in [1.165, 1.54) is 12.2 Å². The number of rotatable bonds is 6. The van der Waals surface area contributed by atoms with Crippen molar-refractivity contribution >= 4 is 23.6 Å². The number of carbonyl (C=O) groups is 2. The fourth-order valence-corrected chi connectivity index (χ4v) is 1.75. The lowest BCUT2D eigenvalue weighted by atomic mass is 10.3. The van der Waals surface area contributed by atoms with Crippen molar-refractivity contribution in [2.24, 2.45) is 0 Å². The van der Waals surface area contributed by atoms with Crippen LogP contribution in [0.2, 0.25) is 0 Å². The quantitative estimate of drug-likeness (QED) is 0.655. The van der Waals surface area contributed by atoms with Crippen molar-refractivity contribution in [3.63, 3.8) is 0 Å². The Bertz CT molecular complexity index is 700. The van der Waals surface area contributed by atoms with Crippen molar-refractivity contribution in [2.75, 3.05) is 19.0 Å². The lowest BCUT2D eigenvalue weighted by Crippen LogP contribution is -2.20. The zero-order valence-corrected chi connectivity index (χ0v) is 12.9. The Hall–Kier alpha value is -3.02. The molecule has 0 saturated carbocycles. The fourth-order valence-electron chi connectivity index (χ4n) is 1.75. The summed E-state index contributed by atoms with van der Waals surface area (Å²) >= 11 is 0.